The number of morpholine rings is 1. The first-order chi connectivity index (χ1) is 8.86. The van der Waals surface area contributed by atoms with Gasteiger partial charge in [-0.1, -0.05) is 18.2 Å². The maximum Gasteiger partial charge on any atom is 0.189 e. The molecule has 0 radical (unpaired) electrons. The van der Waals surface area contributed by atoms with Gasteiger partial charge >= 0.3 is 0 Å². The van der Waals surface area contributed by atoms with E-state index in [-0.39, 0.29) is 0 Å². The molecule has 1 saturated heterocycles. The fourth-order valence-corrected chi connectivity index (χ4v) is 2.77. The average Bonchev–Trinajstić information content (AvgIpc) is 2.37. The highest BCUT2D eigenvalue weighted by Crippen LogP contribution is 2.36. The molecule has 1 saturated carbocycles. The predicted octanol–water partition coefficient (Wildman–Crippen LogP) is 2.30. The normalized spacial score (nSPS) is 20.8. The van der Waals surface area contributed by atoms with Crippen LogP contribution in [0.2, 0.25) is 0 Å². The molecule has 0 aromatic carbocycles. The number of hydrogen-bond donors (Lipinski definition) is 0. The van der Waals surface area contributed by atoms with Crippen LogP contribution in [0, 0.1) is 0 Å². The van der Waals surface area contributed by atoms with Crippen LogP contribution in [-0.4, -0.2) is 42.5 Å². The van der Waals surface area contributed by atoms with Gasteiger partial charge in [0.25, 0.3) is 0 Å². The van der Waals surface area contributed by atoms with Crippen molar-refractivity contribution in [1.82, 2.24) is 9.97 Å². The van der Waals surface area contributed by atoms with Crippen LogP contribution in [0.3, 0.4) is 0 Å². The average molecular weight is 265 g/mol. The van der Waals surface area contributed by atoms with Crippen LogP contribution in [0.1, 0.15) is 30.9 Å². The highest BCUT2D eigenvalue weighted by Gasteiger charge is 2.23. The van der Waals surface area contributed by atoms with Gasteiger partial charge < -0.3 is 9.64 Å². The summed E-state index contributed by atoms with van der Waals surface area (Å²) in [5, 5.41) is 0.904. The third-order valence-electron chi connectivity index (χ3n) is 3.75. The summed E-state index contributed by atoms with van der Waals surface area (Å²) in [6.07, 6.45) is 5.96. The largest absolute Gasteiger partial charge is 0.378 e. The van der Waals surface area contributed by atoms with E-state index in [0.717, 1.165) is 37.3 Å². The monoisotopic (exact) mass is 265 g/mol. The molecule has 1 aliphatic carbocycles. The maximum absolute atomic E-state index is 5.40. The van der Waals surface area contributed by atoms with Gasteiger partial charge in [0, 0.05) is 25.1 Å². The molecule has 0 atom stereocenters. The van der Waals surface area contributed by atoms with Gasteiger partial charge in [0.2, 0.25) is 0 Å². The molecule has 0 unspecified atom stereocenters. The Hall–Kier alpha value is -0.810. The zero-order valence-electron chi connectivity index (χ0n) is 10.8. The van der Waals surface area contributed by atoms with E-state index < -0.39 is 0 Å². The minimum Gasteiger partial charge on any atom is -0.378 e. The Morgan fingerprint density at radius 3 is 2.67 bits per heavy atom. The van der Waals surface area contributed by atoms with Crippen molar-refractivity contribution in [3.63, 3.8) is 0 Å². The lowest BCUT2D eigenvalue weighted by atomic mass is 9.83. The predicted molar refractivity (Wildman–Crippen MR) is 73.4 cm³/mol. The lowest BCUT2D eigenvalue weighted by Gasteiger charge is -2.30. The number of nitrogens with zero attached hydrogens (tertiary/aromatic N) is 3. The molecule has 5 heteroatoms. The van der Waals surface area contributed by atoms with E-state index in [1.54, 1.807) is 11.8 Å². The molecule has 1 aliphatic heterocycles. The molecule has 4 nitrogen and oxygen atoms in total. The Morgan fingerprint density at radius 2 is 2.06 bits per heavy atom. The van der Waals surface area contributed by atoms with Gasteiger partial charge in [0.05, 0.1) is 18.9 Å². The Morgan fingerprint density at radius 1 is 1.28 bits per heavy atom. The number of rotatable bonds is 3. The van der Waals surface area contributed by atoms with Crippen LogP contribution < -0.4 is 4.90 Å². The van der Waals surface area contributed by atoms with E-state index in [1.165, 1.54) is 25.0 Å². The van der Waals surface area contributed by atoms with Gasteiger partial charge in [-0.25, -0.2) is 9.97 Å². The van der Waals surface area contributed by atoms with Crippen molar-refractivity contribution >= 4 is 17.6 Å². The molecule has 2 aliphatic rings. The van der Waals surface area contributed by atoms with Crippen molar-refractivity contribution in [2.45, 2.75) is 30.3 Å². The number of thioether (sulfide) groups is 1. The molecule has 1 aromatic rings. The Balaban J connectivity index is 1.86. The molecule has 0 bridgehead atoms. The second-order valence-corrected chi connectivity index (χ2v) is 5.64. The Labute approximate surface area is 112 Å². The van der Waals surface area contributed by atoms with Crippen molar-refractivity contribution in [1.29, 1.82) is 0 Å². The Bertz CT molecular complexity index is 417. The molecular weight excluding hydrogens is 246 g/mol. The van der Waals surface area contributed by atoms with Crippen molar-refractivity contribution in [2.24, 2.45) is 0 Å². The van der Waals surface area contributed by atoms with Gasteiger partial charge in [-0.15, -0.1) is 0 Å². The first-order valence-electron chi connectivity index (χ1n) is 6.62. The van der Waals surface area contributed by atoms with Crippen LogP contribution in [0.15, 0.2) is 11.2 Å². The number of aromatic nitrogens is 2. The molecule has 18 heavy (non-hydrogen) atoms. The number of hydrogen-bond acceptors (Lipinski definition) is 5. The smallest absolute Gasteiger partial charge is 0.189 e. The minimum atomic E-state index is 0.665. The summed E-state index contributed by atoms with van der Waals surface area (Å²) in [5.41, 5.74) is 1.24. The van der Waals surface area contributed by atoms with Crippen molar-refractivity contribution in [3.05, 3.63) is 11.8 Å². The second kappa shape index (κ2) is 5.45. The zero-order chi connectivity index (χ0) is 12.4. The molecule has 0 N–H and O–H groups in total. The summed E-state index contributed by atoms with van der Waals surface area (Å²) >= 11 is 1.63. The summed E-state index contributed by atoms with van der Waals surface area (Å²) in [7, 11) is 0. The molecule has 0 spiro atoms. The fraction of sp³-hybridized carbons (Fsp3) is 0.692. The summed E-state index contributed by atoms with van der Waals surface area (Å²) in [6, 6.07) is 2.19. The van der Waals surface area contributed by atoms with Gasteiger partial charge in [-0.05, 0) is 19.1 Å². The summed E-state index contributed by atoms with van der Waals surface area (Å²) in [6.45, 7) is 3.48. The van der Waals surface area contributed by atoms with Crippen molar-refractivity contribution in [3.8, 4) is 0 Å². The fourth-order valence-electron chi connectivity index (χ4n) is 2.39. The van der Waals surface area contributed by atoms with Crippen molar-refractivity contribution in [2.75, 3.05) is 37.5 Å². The standard InChI is InChI=1S/C13H19N3OS/c1-18-13-14-11(10-3-2-4-10)9-12(15-13)16-5-7-17-8-6-16/h9-10H,2-8H2,1H3. The quantitative estimate of drug-likeness (QED) is 0.619. The third kappa shape index (κ3) is 2.47. The SMILES string of the molecule is CSc1nc(C2CCC2)cc(N2CCOCC2)n1. The lowest BCUT2D eigenvalue weighted by Crippen LogP contribution is -2.37. The lowest BCUT2D eigenvalue weighted by molar-refractivity contribution is 0.122. The molecule has 3 rings (SSSR count). The molecule has 98 valence electrons. The number of anilines is 1. The van der Waals surface area contributed by atoms with E-state index in [4.69, 9.17) is 4.74 Å². The number of ether oxygens (including phenoxy) is 1. The summed E-state index contributed by atoms with van der Waals surface area (Å²) in [4.78, 5) is 11.6. The van der Waals surface area contributed by atoms with Gasteiger partial charge in [0.1, 0.15) is 5.82 Å². The summed E-state index contributed by atoms with van der Waals surface area (Å²) in [5.74, 6) is 1.75. The molecule has 2 heterocycles. The minimum absolute atomic E-state index is 0.665. The van der Waals surface area contributed by atoms with Gasteiger partial charge in [-0.2, -0.15) is 0 Å². The Kier molecular flexibility index (Phi) is 3.70. The molecule has 2 fully saturated rings. The topological polar surface area (TPSA) is 38.2 Å². The maximum atomic E-state index is 5.40. The zero-order valence-corrected chi connectivity index (χ0v) is 11.6. The van der Waals surface area contributed by atoms with E-state index in [9.17, 15) is 0 Å². The molecule has 1 aromatic heterocycles. The highest BCUT2D eigenvalue weighted by atomic mass is 32.2. The van der Waals surface area contributed by atoms with Crippen molar-refractivity contribution < 1.29 is 4.74 Å². The van der Waals surface area contributed by atoms with E-state index in [0.29, 0.717) is 5.92 Å². The first kappa shape index (κ1) is 12.2. The van der Waals surface area contributed by atoms with Crippen LogP contribution in [0.25, 0.3) is 0 Å². The second-order valence-electron chi connectivity index (χ2n) is 4.86. The van der Waals surface area contributed by atoms with Crippen LogP contribution in [-0.2, 0) is 4.74 Å². The van der Waals surface area contributed by atoms with Gasteiger partial charge in [0.15, 0.2) is 5.16 Å². The first-order valence-corrected chi connectivity index (χ1v) is 7.85. The van der Waals surface area contributed by atoms with E-state index >= 15 is 0 Å². The molecular formula is C13H19N3OS. The van der Waals surface area contributed by atoms with Crippen LogP contribution in [0.5, 0.6) is 0 Å². The summed E-state index contributed by atoms with van der Waals surface area (Å²) < 4.78 is 5.40. The van der Waals surface area contributed by atoms with Crippen LogP contribution in [0.4, 0.5) is 5.82 Å². The van der Waals surface area contributed by atoms with E-state index in [2.05, 4.69) is 20.9 Å². The van der Waals surface area contributed by atoms with Gasteiger partial charge in [-0.3, -0.25) is 0 Å². The highest BCUT2D eigenvalue weighted by molar-refractivity contribution is 7.98. The molecule has 0 amide bonds. The van der Waals surface area contributed by atoms with E-state index in [1.807, 2.05) is 6.26 Å². The van der Waals surface area contributed by atoms with Crippen LogP contribution >= 0.6 is 11.8 Å². The third-order valence-corrected chi connectivity index (χ3v) is 4.30.